The monoisotopic (exact) mass is 324 g/mol. The molecular formula is C14H16N2O5S. The lowest BCUT2D eigenvalue weighted by atomic mass is 10.3. The van der Waals surface area contributed by atoms with Crippen molar-refractivity contribution in [2.45, 2.75) is 17.7 Å². The molecule has 0 aromatic heterocycles. The number of hydrogen-bond acceptors (Lipinski definition) is 6. The number of carbonyl (C=O) groups excluding carboxylic acids is 2. The maximum Gasteiger partial charge on any atom is 0.321 e. The lowest BCUT2D eigenvalue weighted by Gasteiger charge is -2.15. The molecule has 0 bridgehead atoms. The minimum Gasteiger partial charge on any atom is -0.497 e. The molecule has 8 heteroatoms. The molecule has 1 aromatic carbocycles. The lowest BCUT2D eigenvalue weighted by Crippen LogP contribution is -2.35. The number of nitrogens with two attached hydrogens (primary N) is 1. The second-order valence-electron chi connectivity index (χ2n) is 4.74. The first-order valence-corrected chi connectivity index (χ1v) is 7.59. The average Bonchev–Trinajstić information content (AvgIpc) is 2.79. The van der Waals surface area contributed by atoms with Crippen molar-refractivity contribution in [1.82, 2.24) is 0 Å². The number of carboxylic acids is 1. The zero-order chi connectivity index (χ0) is 16.3. The van der Waals surface area contributed by atoms with Crippen LogP contribution in [0.3, 0.4) is 0 Å². The van der Waals surface area contributed by atoms with Gasteiger partial charge >= 0.3 is 5.97 Å². The van der Waals surface area contributed by atoms with Crippen molar-refractivity contribution in [2.24, 2.45) is 5.73 Å². The fourth-order valence-corrected chi connectivity index (χ4v) is 3.12. The molecule has 0 aliphatic carbocycles. The number of anilines is 1. The number of carbonyl (C=O) groups is 3. The van der Waals surface area contributed by atoms with E-state index in [-0.39, 0.29) is 24.0 Å². The zero-order valence-corrected chi connectivity index (χ0v) is 12.7. The van der Waals surface area contributed by atoms with E-state index >= 15 is 0 Å². The second-order valence-corrected chi connectivity index (χ2v) is 5.97. The Morgan fingerprint density at radius 1 is 1.45 bits per heavy atom. The summed E-state index contributed by atoms with van der Waals surface area (Å²) >= 11 is 1.10. The summed E-state index contributed by atoms with van der Waals surface area (Å²) in [7, 11) is 1.53. The van der Waals surface area contributed by atoms with Crippen LogP contribution in [0.4, 0.5) is 5.69 Å². The lowest BCUT2D eigenvalue weighted by molar-refractivity contribution is -0.138. The number of hydrogen-bond donors (Lipinski definition) is 2. The predicted molar refractivity (Wildman–Crippen MR) is 82.0 cm³/mol. The van der Waals surface area contributed by atoms with Gasteiger partial charge in [0.1, 0.15) is 11.8 Å². The highest BCUT2D eigenvalue weighted by molar-refractivity contribution is 8.00. The van der Waals surface area contributed by atoms with Gasteiger partial charge in [-0.05, 0) is 24.3 Å². The third-order valence-corrected chi connectivity index (χ3v) is 4.55. The molecule has 0 saturated carbocycles. The summed E-state index contributed by atoms with van der Waals surface area (Å²) in [5, 5.41) is 8.14. The van der Waals surface area contributed by atoms with Gasteiger partial charge < -0.3 is 15.6 Å². The molecule has 0 unspecified atom stereocenters. The SMILES string of the molecule is COc1ccc(N2C(=O)C[C@H](SC[C@H](N)C(=O)O)C2=O)cc1. The Morgan fingerprint density at radius 3 is 2.64 bits per heavy atom. The number of aliphatic carboxylic acids is 1. The van der Waals surface area contributed by atoms with Gasteiger partial charge in [-0.15, -0.1) is 11.8 Å². The summed E-state index contributed by atoms with van der Waals surface area (Å²) in [5.41, 5.74) is 5.88. The van der Waals surface area contributed by atoms with Crippen LogP contribution in [0.5, 0.6) is 5.75 Å². The van der Waals surface area contributed by atoms with Crippen molar-refractivity contribution < 1.29 is 24.2 Å². The van der Waals surface area contributed by atoms with Crippen molar-refractivity contribution in [3.05, 3.63) is 24.3 Å². The molecule has 1 saturated heterocycles. The number of nitrogens with zero attached hydrogens (tertiary/aromatic N) is 1. The van der Waals surface area contributed by atoms with Crippen LogP contribution < -0.4 is 15.4 Å². The summed E-state index contributed by atoms with van der Waals surface area (Å²) in [4.78, 5) is 36.2. The molecular weight excluding hydrogens is 308 g/mol. The van der Waals surface area contributed by atoms with E-state index in [1.807, 2.05) is 0 Å². The van der Waals surface area contributed by atoms with Gasteiger partial charge in [0.2, 0.25) is 11.8 Å². The summed E-state index contributed by atoms with van der Waals surface area (Å²) in [6.45, 7) is 0. The number of thioether (sulfide) groups is 1. The highest BCUT2D eigenvalue weighted by atomic mass is 32.2. The fourth-order valence-electron chi connectivity index (χ4n) is 2.03. The number of imide groups is 1. The maximum absolute atomic E-state index is 12.3. The van der Waals surface area contributed by atoms with Gasteiger partial charge in [-0.3, -0.25) is 14.4 Å². The average molecular weight is 324 g/mol. The van der Waals surface area contributed by atoms with Gasteiger partial charge in [0, 0.05) is 12.2 Å². The number of benzene rings is 1. The molecule has 2 amide bonds. The van der Waals surface area contributed by atoms with Crippen LogP contribution >= 0.6 is 11.8 Å². The molecule has 7 nitrogen and oxygen atoms in total. The Morgan fingerprint density at radius 2 is 2.09 bits per heavy atom. The normalized spacial score (nSPS) is 19.4. The van der Waals surface area contributed by atoms with E-state index in [0.717, 1.165) is 16.7 Å². The summed E-state index contributed by atoms with van der Waals surface area (Å²) in [6, 6.07) is 5.53. The third-order valence-electron chi connectivity index (χ3n) is 3.23. The number of amides is 2. The predicted octanol–water partition coefficient (Wildman–Crippen LogP) is 0.472. The van der Waals surface area contributed by atoms with E-state index in [4.69, 9.17) is 15.6 Å². The minimum atomic E-state index is -1.13. The third kappa shape index (κ3) is 3.40. The number of methoxy groups -OCH3 is 1. The summed E-state index contributed by atoms with van der Waals surface area (Å²) < 4.78 is 5.03. The molecule has 1 fully saturated rings. The Bertz CT molecular complexity index is 589. The first-order valence-electron chi connectivity index (χ1n) is 6.55. The van der Waals surface area contributed by atoms with Crippen LogP contribution in [-0.2, 0) is 14.4 Å². The first kappa shape index (κ1) is 16.3. The molecule has 2 atom stereocenters. The highest BCUT2D eigenvalue weighted by Crippen LogP contribution is 2.30. The van der Waals surface area contributed by atoms with Crippen molar-refractivity contribution in [2.75, 3.05) is 17.8 Å². The Balaban J connectivity index is 2.06. The van der Waals surface area contributed by atoms with Crippen molar-refractivity contribution in [3.8, 4) is 5.75 Å². The smallest absolute Gasteiger partial charge is 0.321 e. The van der Waals surface area contributed by atoms with E-state index in [1.165, 1.54) is 7.11 Å². The molecule has 0 spiro atoms. The first-order chi connectivity index (χ1) is 10.4. The minimum absolute atomic E-state index is 0.0435. The molecule has 1 aliphatic rings. The molecule has 2 rings (SSSR count). The molecule has 22 heavy (non-hydrogen) atoms. The summed E-state index contributed by atoms with van der Waals surface area (Å²) in [6.07, 6.45) is 0.0435. The second kappa shape index (κ2) is 6.80. The van der Waals surface area contributed by atoms with Gasteiger partial charge in [0.25, 0.3) is 0 Å². The van der Waals surface area contributed by atoms with Gasteiger partial charge in [-0.2, -0.15) is 0 Å². The molecule has 1 aromatic rings. The summed E-state index contributed by atoms with van der Waals surface area (Å²) in [5.74, 6) is -1.08. The van der Waals surface area contributed by atoms with Crippen LogP contribution in [0.15, 0.2) is 24.3 Å². The molecule has 3 N–H and O–H groups in total. The number of ether oxygens (including phenoxy) is 1. The molecule has 1 aliphatic heterocycles. The molecule has 118 valence electrons. The number of rotatable bonds is 6. The van der Waals surface area contributed by atoms with Gasteiger partial charge in [0.05, 0.1) is 18.0 Å². The standard InChI is InChI=1S/C14H16N2O5S/c1-21-9-4-2-8(3-5-9)16-12(17)6-11(13(16)18)22-7-10(15)14(19)20/h2-5,10-11H,6-7,15H2,1H3,(H,19,20)/t10-,11-/m0/s1. The van der Waals surface area contributed by atoms with E-state index in [9.17, 15) is 14.4 Å². The Labute approximate surface area is 131 Å². The largest absolute Gasteiger partial charge is 0.497 e. The van der Waals surface area contributed by atoms with E-state index < -0.39 is 17.3 Å². The Hall–Kier alpha value is -2.06. The van der Waals surface area contributed by atoms with Crippen LogP contribution in [0.1, 0.15) is 6.42 Å². The number of carboxylic acid groups (broad SMARTS) is 1. The van der Waals surface area contributed by atoms with Crippen LogP contribution in [0.2, 0.25) is 0 Å². The van der Waals surface area contributed by atoms with Gasteiger partial charge in [-0.25, -0.2) is 4.90 Å². The Kier molecular flexibility index (Phi) is 5.04. The molecule has 1 heterocycles. The van der Waals surface area contributed by atoms with Crippen LogP contribution in [0.25, 0.3) is 0 Å². The fraction of sp³-hybridized carbons (Fsp3) is 0.357. The molecule has 0 radical (unpaired) electrons. The van der Waals surface area contributed by atoms with E-state index in [0.29, 0.717) is 11.4 Å². The highest BCUT2D eigenvalue weighted by Gasteiger charge is 2.40. The van der Waals surface area contributed by atoms with E-state index in [2.05, 4.69) is 0 Å². The quantitative estimate of drug-likeness (QED) is 0.732. The van der Waals surface area contributed by atoms with Crippen molar-refractivity contribution in [1.29, 1.82) is 0 Å². The van der Waals surface area contributed by atoms with Gasteiger partial charge in [0.15, 0.2) is 0 Å². The van der Waals surface area contributed by atoms with Gasteiger partial charge in [-0.1, -0.05) is 0 Å². The maximum atomic E-state index is 12.3. The van der Waals surface area contributed by atoms with Crippen LogP contribution in [0, 0.1) is 0 Å². The topological polar surface area (TPSA) is 110 Å². The van der Waals surface area contributed by atoms with Crippen molar-refractivity contribution >= 4 is 35.2 Å². The van der Waals surface area contributed by atoms with E-state index in [1.54, 1.807) is 24.3 Å². The van der Waals surface area contributed by atoms with Crippen molar-refractivity contribution in [3.63, 3.8) is 0 Å². The van der Waals surface area contributed by atoms with Crippen LogP contribution in [-0.4, -0.2) is 47.0 Å². The zero-order valence-electron chi connectivity index (χ0n) is 11.9.